The Morgan fingerprint density at radius 3 is 2.72 bits per heavy atom. The van der Waals surface area contributed by atoms with E-state index in [9.17, 15) is 9.59 Å². The van der Waals surface area contributed by atoms with Crippen LogP contribution < -0.4 is 0 Å². The SMILES string of the molecule is C=C1CN(C(C)=O)C(Cc2ccccc2)C(=O)O1. The normalized spacial score (nSPS) is 19.6. The van der Waals surface area contributed by atoms with Gasteiger partial charge >= 0.3 is 5.97 Å². The zero-order valence-corrected chi connectivity index (χ0v) is 10.3. The summed E-state index contributed by atoms with van der Waals surface area (Å²) < 4.78 is 5.02. The maximum absolute atomic E-state index is 11.8. The number of cyclic esters (lactones) is 1. The van der Waals surface area contributed by atoms with Crippen LogP contribution >= 0.6 is 0 Å². The van der Waals surface area contributed by atoms with E-state index in [-0.39, 0.29) is 12.5 Å². The highest BCUT2D eigenvalue weighted by molar-refractivity contribution is 5.85. The average Bonchev–Trinajstić information content (AvgIpc) is 2.33. The minimum Gasteiger partial charge on any atom is -0.428 e. The summed E-state index contributed by atoms with van der Waals surface area (Å²) in [5.41, 5.74) is 0.998. The molecule has 0 N–H and O–H groups in total. The molecule has 1 atom stereocenters. The van der Waals surface area contributed by atoms with E-state index in [0.29, 0.717) is 12.2 Å². The molecule has 4 nitrogen and oxygen atoms in total. The molecule has 1 saturated heterocycles. The molecule has 0 bridgehead atoms. The lowest BCUT2D eigenvalue weighted by Gasteiger charge is -2.34. The van der Waals surface area contributed by atoms with Crippen LogP contribution in [0.5, 0.6) is 0 Å². The van der Waals surface area contributed by atoms with Gasteiger partial charge in [-0.2, -0.15) is 0 Å². The van der Waals surface area contributed by atoms with E-state index in [1.54, 1.807) is 0 Å². The Labute approximate surface area is 106 Å². The molecule has 1 heterocycles. The number of ether oxygens (including phenoxy) is 1. The lowest BCUT2D eigenvalue weighted by molar-refractivity contribution is -0.157. The van der Waals surface area contributed by atoms with Crippen molar-refractivity contribution in [2.75, 3.05) is 6.54 Å². The minimum absolute atomic E-state index is 0.145. The van der Waals surface area contributed by atoms with Gasteiger partial charge in [-0.3, -0.25) is 4.79 Å². The van der Waals surface area contributed by atoms with Crippen molar-refractivity contribution in [3.05, 3.63) is 48.2 Å². The molecule has 1 aromatic rings. The van der Waals surface area contributed by atoms with Crippen LogP contribution in [0.2, 0.25) is 0 Å². The molecular formula is C14H15NO3. The first-order chi connectivity index (χ1) is 8.58. The van der Waals surface area contributed by atoms with Gasteiger partial charge in [0.05, 0.1) is 6.54 Å². The van der Waals surface area contributed by atoms with Crippen LogP contribution in [0.25, 0.3) is 0 Å². The highest BCUT2D eigenvalue weighted by Crippen LogP contribution is 2.18. The van der Waals surface area contributed by atoms with Crippen molar-refractivity contribution in [2.45, 2.75) is 19.4 Å². The summed E-state index contributed by atoms with van der Waals surface area (Å²) in [5.74, 6) is -0.237. The van der Waals surface area contributed by atoms with Crippen LogP contribution in [0.3, 0.4) is 0 Å². The first-order valence-corrected chi connectivity index (χ1v) is 5.78. The summed E-state index contributed by atoms with van der Waals surface area (Å²) in [4.78, 5) is 24.9. The zero-order chi connectivity index (χ0) is 13.1. The van der Waals surface area contributed by atoms with Crippen LogP contribution in [-0.2, 0) is 20.7 Å². The molecule has 94 valence electrons. The first kappa shape index (κ1) is 12.4. The maximum atomic E-state index is 11.8. The van der Waals surface area contributed by atoms with Gasteiger partial charge in [0.25, 0.3) is 0 Å². The van der Waals surface area contributed by atoms with Crippen molar-refractivity contribution in [3.63, 3.8) is 0 Å². The standard InChI is InChI=1S/C14H15NO3/c1-10-9-15(11(2)16)13(14(17)18-10)8-12-6-4-3-5-7-12/h3-7,13H,1,8-9H2,2H3. The van der Waals surface area contributed by atoms with Crippen molar-refractivity contribution < 1.29 is 14.3 Å². The molecule has 1 aliphatic rings. The van der Waals surface area contributed by atoms with Crippen LogP contribution in [0.15, 0.2) is 42.7 Å². The van der Waals surface area contributed by atoms with Gasteiger partial charge in [0.2, 0.25) is 5.91 Å². The summed E-state index contributed by atoms with van der Waals surface area (Å²) in [5, 5.41) is 0. The van der Waals surface area contributed by atoms with Gasteiger partial charge in [-0.25, -0.2) is 4.79 Å². The molecule has 0 aromatic heterocycles. The highest BCUT2D eigenvalue weighted by atomic mass is 16.5. The van der Waals surface area contributed by atoms with E-state index in [4.69, 9.17) is 4.74 Å². The topological polar surface area (TPSA) is 46.6 Å². The molecule has 0 radical (unpaired) electrons. The Hall–Kier alpha value is -2.10. The molecule has 0 aliphatic carbocycles. The molecule has 0 saturated carbocycles. The monoisotopic (exact) mass is 245 g/mol. The Morgan fingerprint density at radius 2 is 2.11 bits per heavy atom. The van der Waals surface area contributed by atoms with Crippen molar-refractivity contribution in [2.24, 2.45) is 0 Å². The van der Waals surface area contributed by atoms with E-state index in [0.717, 1.165) is 5.56 Å². The van der Waals surface area contributed by atoms with E-state index >= 15 is 0 Å². The van der Waals surface area contributed by atoms with E-state index in [1.165, 1.54) is 11.8 Å². The summed E-state index contributed by atoms with van der Waals surface area (Å²) in [6.07, 6.45) is 0.465. The third-order valence-electron chi connectivity index (χ3n) is 2.92. The summed E-state index contributed by atoms with van der Waals surface area (Å²) >= 11 is 0. The second-order valence-electron chi connectivity index (χ2n) is 4.31. The van der Waals surface area contributed by atoms with Crippen molar-refractivity contribution >= 4 is 11.9 Å². The molecule has 1 fully saturated rings. The van der Waals surface area contributed by atoms with Crippen LogP contribution in [0.4, 0.5) is 0 Å². The quantitative estimate of drug-likeness (QED) is 0.742. The average molecular weight is 245 g/mol. The summed E-state index contributed by atoms with van der Waals surface area (Å²) in [7, 11) is 0. The van der Waals surface area contributed by atoms with Gasteiger partial charge < -0.3 is 9.64 Å². The molecule has 2 rings (SSSR count). The van der Waals surface area contributed by atoms with Gasteiger partial charge in [-0.15, -0.1) is 0 Å². The van der Waals surface area contributed by atoms with Crippen molar-refractivity contribution in [1.82, 2.24) is 4.90 Å². The lowest BCUT2D eigenvalue weighted by Crippen LogP contribution is -2.51. The molecule has 1 amide bonds. The number of hydrogen-bond acceptors (Lipinski definition) is 3. The number of rotatable bonds is 2. The number of morpholine rings is 1. The van der Waals surface area contributed by atoms with Crippen LogP contribution in [-0.4, -0.2) is 29.4 Å². The predicted molar refractivity (Wildman–Crippen MR) is 66.6 cm³/mol. The number of benzene rings is 1. The van der Waals surface area contributed by atoms with Gasteiger partial charge in [-0.1, -0.05) is 36.9 Å². The Morgan fingerprint density at radius 1 is 1.44 bits per heavy atom. The number of carbonyl (C=O) groups is 2. The number of nitrogens with zero attached hydrogens (tertiary/aromatic N) is 1. The van der Waals surface area contributed by atoms with Gasteiger partial charge in [0, 0.05) is 13.3 Å². The molecular weight excluding hydrogens is 230 g/mol. The van der Waals surface area contributed by atoms with E-state index in [1.807, 2.05) is 30.3 Å². The molecule has 18 heavy (non-hydrogen) atoms. The lowest BCUT2D eigenvalue weighted by atomic mass is 10.0. The number of amides is 1. The number of hydrogen-bond donors (Lipinski definition) is 0. The Bertz CT molecular complexity index is 481. The van der Waals surface area contributed by atoms with Crippen LogP contribution in [0.1, 0.15) is 12.5 Å². The molecule has 1 aromatic carbocycles. The second-order valence-corrected chi connectivity index (χ2v) is 4.31. The second kappa shape index (κ2) is 5.04. The van der Waals surface area contributed by atoms with E-state index < -0.39 is 12.0 Å². The van der Waals surface area contributed by atoms with Gasteiger partial charge in [0.1, 0.15) is 11.8 Å². The molecule has 1 unspecified atom stereocenters. The van der Waals surface area contributed by atoms with Crippen LogP contribution in [0, 0.1) is 0 Å². The highest BCUT2D eigenvalue weighted by Gasteiger charge is 2.34. The number of esters is 1. The largest absolute Gasteiger partial charge is 0.428 e. The third-order valence-corrected chi connectivity index (χ3v) is 2.92. The smallest absolute Gasteiger partial charge is 0.334 e. The molecule has 4 heteroatoms. The molecule has 1 aliphatic heterocycles. The minimum atomic E-state index is -0.560. The fourth-order valence-corrected chi connectivity index (χ4v) is 2.03. The molecule has 0 spiro atoms. The van der Waals surface area contributed by atoms with Gasteiger partial charge in [0.15, 0.2) is 0 Å². The maximum Gasteiger partial charge on any atom is 0.334 e. The fraction of sp³-hybridized carbons (Fsp3) is 0.286. The fourth-order valence-electron chi connectivity index (χ4n) is 2.03. The third kappa shape index (κ3) is 2.59. The Balaban J connectivity index is 2.20. The van der Waals surface area contributed by atoms with Crippen molar-refractivity contribution in [3.8, 4) is 0 Å². The number of carbonyl (C=O) groups excluding carboxylic acids is 2. The van der Waals surface area contributed by atoms with Crippen molar-refractivity contribution in [1.29, 1.82) is 0 Å². The van der Waals surface area contributed by atoms with E-state index in [2.05, 4.69) is 6.58 Å². The zero-order valence-electron chi connectivity index (χ0n) is 10.3. The predicted octanol–water partition coefficient (Wildman–Crippen LogP) is 1.52. The Kier molecular flexibility index (Phi) is 3.46. The summed E-state index contributed by atoms with van der Waals surface area (Å²) in [6, 6.07) is 9.01. The summed E-state index contributed by atoms with van der Waals surface area (Å²) in [6.45, 7) is 5.33. The van der Waals surface area contributed by atoms with Gasteiger partial charge in [-0.05, 0) is 5.56 Å². The first-order valence-electron chi connectivity index (χ1n) is 5.78.